The van der Waals surface area contributed by atoms with Gasteiger partial charge in [0.05, 0.1) is 26.4 Å². The average molecular weight is 436 g/mol. The van der Waals surface area contributed by atoms with Gasteiger partial charge in [-0.2, -0.15) is 0 Å². The number of hydrogen-bond donors (Lipinski definition) is 2. The number of hydrogen-bond acceptors (Lipinski definition) is 7. The molecule has 0 aliphatic carbocycles. The van der Waals surface area contributed by atoms with Crippen molar-refractivity contribution in [1.82, 2.24) is 9.71 Å². The average Bonchev–Trinajstić information content (AvgIpc) is 2.72. The molecule has 1 aromatic heterocycles. The van der Waals surface area contributed by atoms with Gasteiger partial charge in [-0.05, 0) is 38.5 Å². The molecule has 29 heavy (non-hydrogen) atoms. The van der Waals surface area contributed by atoms with Crippen LogP contribution in [0.5, 0.6) is 0 Å². The third kappa shape index (κ3) is 5.87. The summed E-state index contributed by atoms with van der Waals surface area (Å²) in [5.74, 6) is 0.901. The van der Waals surface area contributed by atoms with Crippen molar-refractivity contribution in [3.8, 4) is 0 Å². The Balaban J connectivity index is 1.93. The van der Waals surface area contributed by atoms with Gasteiger partial charge in [0.2, 0.25) is 0 Å². The SMILES string of the molecule is CC(C)(C)[S+]([O-])NCc1c(Sc2ccccc2CO)ccnc1N1CCOCC1. The van der Waals surface area contributed by atoms with Gasteiger partial charge < -0.3 is 19.3 Å². The number of pyridine rings is 1. The molecule has 6 nitrogen and oxygen atoms in total. The third-order valence-electron chi connectivity index (χ3n) is 4.60. The Bertz CT molecular complexity index is 808. The molecule has 1 aliphatic heterocycles. The molecule has 8 heteroatoms. The quantitative estimate of drug-likeness (QED) is 0.647. The molecule has 0 bridgehead atoms. The topological polar surface area (TPSA) is 80.7 Å². The lowest BCUT2D eigenvalue weighted by atomic mass is 10.2. The number of nitrogens with zero attached hydrogens (tertiary/aromatic N) is 2. The number of morpholine rings is 1. The number of aromatic nitrogens is 1. The van der Waals surface area contributed by atoms with Crippen molar-refractivity contribution >= 4 is 28.9 Å². The summed E-state index contributed by atoms with van der Waals surface area (Å²) < 4.78 is 20.9. The summed E-state index contributed by atoms with van der Waals surface area (Å²) in [7, 11) is 0. The molecule has 1 aromatic carbocycles. The highest BCUT2D eigenvalue weighted by atomic mass is 32.2. The largest absolute Gasteiger partial charge is 0.598 e. The van der Waals surface area contributed by atoms with Crippen LogP contribution in [0.4, 0.5) is 5.82 Å². The van der Waals surface area contributed by atoms with Gasteiger partial charge >= 0.3 is 0 Å². The van der Waals surface area contributed by atoms with Crippen molar-refractivity contribution in [3.63, 3.8) is 0 Å². The maximum absolute atomic E-state index is 12.6. The first-order valence-corrected chi connectivity index (χ1v) is 11.7. The fourth-order valence-corrected chi connectivity index (χ4v) is 4.75. The first kappa shape index (κ1) is 22.4. The highest BCUT2D eigenvalue weighted by molar-refractivity contribution is 7.99. The van der Waals surface area contributed by atoms with Crippen molar-refractivity contribution in [2.45, 2.75) is 48.5 Å². The number of anilines is 1. The van der Waals surface area contributed by atoms with E-state index in [0.29, 0.717) is 19.8 Å². The van der Waals surface area contributed by atoms with Gasteiger partial charge in [-0.1, -0.05) is 30.0 Å². The van der Waals surface area contributed by atoms with E-state index in [9.17, 15) is 9.66 Å². The maximum atomic E-state index is 12.6. The van der Waals surface area contributed by atoms with E-state index in [-0.39, 0.29) is 11.4 Å². The van der Waals surface area contributed by atoms with Crippen LogP contribution >= 0.6 is 11.8 Å². The summed E-state index contributed by atoms with van der Waals surface area (Å²) in [4.78, 5) is 8.93. The van der Waals surface area contributed by atoms with E-state index in [1.54, 1.807) is 11.8 Å². The first-order valence-electron chi connectivity index (χ1n) is 9.72. The van der Waals surface area contributed by atoms with E-state index in [1.807, 2.05) is 57.3 Å². The fraction of sp³-hybridized carbons (Fsp3) is 0.476. The summed E-state index contributed by atoms with van der Waals surface area (Å²) >= 11 is 0.424. The highest BCUT2D eigenvalue weighted by Gasteiger charge is 2.28. The Morgan fingerprint density at radius 1 is 1.21 bits per heavy atom. The summed E-state index contributed by atoms with van der Waals surface area (Å²) in [6.07, 6.45) is 1.82. The predicted octanol–water partition coefficient (Wildman–Crippen LogP) is 3.11. The van der Waals surface area contributed by atoms with Gasteiger partial charge in [0, 0.05) is 46.0 Å². The minimum Gasteiger partial charge on any atom is -0.598 e. The molecule has 0 amide bonds. The van der Waals surface area contributed by atoms with Crippen LogP contribution in [-0.4, -0.2) is 45.7 Å². The van der Waals surface area contributed by atoms with E-state index < -0.39 is 11.4 Å². The molecule has 1 saturated heterocycles. The maximum Gasteiger partial charge on any atom is 0.136 e. The Hall–Kier alpha value is -1.29. The van der Waals surface area contributed by atoms with Crippen LogP contribution < -0.4 is 9.62 Å². The van der Waals surface area contributed by atoms with Gasteiger partial charge in [-0.25, -0.2) is 4.98 Å². The zero-order valence-corrected chi connectivity index (χ0v) is 18.8. The van der Waals surface area contributed by atoms with Crippen LogP contribution in [-0.2, 0) is 29.3 Å². The molecule has 1 atom stereocenters. The molecule has 0 radical (unpaired) electrons. The molecule has 2 N–H and O–H groups in total. The molecule has 1 unspecified atom stereocenters. The van der Waals surface area contributed by atoms with Gasteiger partial charge in [0.25, 0.3) is 0 Å². The smallest absolute Gasteiger partial charge is 0.136 e. The lowest BCUT2D eigenvalue weighted by Gasteiger charge is -2.31. The van der Waals surface area contributed by atoms with Gasteiger partial charge in [-0.15, -0.1) is 4.72 Å². The van der Waals surface area contributed by atoms with Crippen molar-refractivity contribution in [1.29, 1.82) is 0 Å². The monoisotopic (exact) mass is 435 g/mol. The standard InChI is InChI=1S/C21H29N3O3S2/c1-21(2,3)29(26)23-14-17-19(28-18-7-5-4-6-16(18)15-25)8-9-22-20(17)24-10-12-27-13-11-24/h4-9,23,25H,10-15H2,1-3H3. The van der Waals surface area contributed by atoms with Crippen LogP contribution in [0, 0.1) is 0 Å². The number of benzene rings is 1. The predicted molar refractivity (Wildman–Crippen MR) is 118 cm³/mol. The molecule has 1 fully saturated rings. The fourth-order valence-electron chi connectivity index (χ4n) is 2.98. The zero-order chi connectivity index (χ0) is 20.9. The van der Waals surface area contributed by atoms with Crippen molar-refractivity contribution in [3.05, 3.63) is 47.7 Å². The van der Waals surface area contributed by atoms with Crippen LogP contribution in [0.2, 0.25) is 0 Å². The summed E-state index contributed by atoms with van der Waals surface area (Å²) in [5, 5.41) is 9.69. The summed E-state index contributed by atoms with van der Waals surface area (Å²) in [6, 6.07) is 9.82. The number of aliphatic hydroxyl groups is 1. The lowest BCUT2D eigenvalue weighted by molar-refractivity contribution is 0.122. The Morgan fingerprint density at radius 2 is 1.93 bits per heavy atom. The molecule has 158 valence electrons. The number of aliphatic hydroxyl groups excluding tert-OH is 1. The normalized spacial score (nSPS) is 16.1. The molecular weight excluding hydrogens is 406 g/mol. The Morgan fingerprint density at radius 3 is 2.62 bits per heavy atom. The van der Waals surface area contributed by atoms with E-state index >= 15 is 0 Å². The zero-order valence-electron chi connectivity index (χ0n) is 17.2. The highest BCUT2D eigenvalue weighted by Crippen LogP contribution is 2.36. The minimum absolute atomic E-state index is 0.00774. The summed E-state index contributed by atoms with van der Waals surface area (Å²) in [5.41, 5.74) is 1.91. The van der Waals surface area contributed by atoms with Crippen molar-refractivity contribution in [2.75, 3.05) is 31.2 Å². The van der Waals surface area contributed by atoms with Crippen molar-refractivity contribution in [2.24, 2.45) is 0 Å². The second kappa shape index (κ2) is 10.1. The molecule has 3 rings (SSSR count). The molecule has 2 aromatic rings. The van der Waals surface area contributed by atoms with Gasteiger partial charge in [0.15, 0.2) is 0 Å². The minimum atomic E-state index is -1.18. The number of nitrogens with one attached hydrogen (secondary N) is 1. The Labute approximate surface area is 180 Å². The van der Waals surface area contributed by atoms with Crippen LogP contribution in [0.3, 0.4) is 0 Å². The molecule has 0 spiro atoms. The molecule has 2 heterocycles. The van der Waals surface area contributed by atoms with E-state index in [4.69, 9.17) is 4.74 Å². The first-order chi connectivity index (χ1) is 13.9. The number of ether oxygens (including phenoxy) is 1. The van der Waals surface area contributed by atoms with Crippen LogP contribution in [0.1, 0.15) is 31.9 Å². The van der Waals surface area contributed by atoms with Crippen LogP contribution in [0.15, 0.2) is 46.3 Å². The van der Waals surface area contributed by atoms with Gasteiger partial charge in [-0.3, -0.25) is 0 Å². The van der Waals surface area contributed by atoms with E-state index in [2.05, 4.69) is 14.6 Å². The van der Waals surface area contributed by atoms with E-state index in [0.717, 1.165) is 39.8 Å². The second-order valence-electron chi connectivity index (χ2n) is 7.78. The second-order valence-corrected chi connectivity index (χ2v) is 10.9. The lowest BCUT2D eigenvalue weighted by Crippen LogP contribution is -2.40. The molecular formula is C21H29N3O3S2. The third-order valence-corrected chi connectivity index (χ3v) is 7.34. The van der Waals surface area contributed by atoms with E-state index in [1.165, 1.54) is 0 Å². The molecule has 1 aliphatic rings. The van der Waals surface area contributed by atoms with Crippen LogP contribution in [0.25, 0.3) is 0 Å². The van der Waals surface area contributed by atoms with Gasteiger partial charge in [0.1, 0.15) is 10.6 Å². The van der Waals surface area contributed by atoms with Crippen molar-refractivity contribution < 1.29 is 14.4 Å². The number of rotatable bonds is 7. The molecule has 0 saturated carbocycles. The Kier molecular flexibility index (Phi) is 7.84. The summed E-state index contributed by atoms with van der Waals surface area (Å²) in [6.45, 7) is 9.22.